The van der Waals surface area contributed by atoms with Crippen LogP contribution in [0.5, 0.6) is 5.88 Å². The first-order chi connectivity index (χ1) is 8.58. The fourth-order valence-electron chi connectivity index (χ4n) is 1.94. The summed E-state index contributed by atoms with van der Waals surface area (Å²) in [5.41, 5.74) is 1.70. The van der Waals surface area contributed by atoms with E-state index in [0.29, 0.717) is 23.7 Å². The van der Waals surface area contributed by atoms with Crippen LogP contribution in [-0.2, 0) is 5.88 Å². The number of methoxy groups -OCH3 is 1. The molecule has 0 amide bonds. The number of halogens is 1. The summed E-state index contributed by atoms with van der Waals surface area (Å²) < 4.78 is 7.28. The number of pyridine rings is 1. The lowest BCUT2D eigenvalue weighted by Crippen LogP contribution is -2.14. The summed E-state index contributed by atoms with van der Waals surface area (Å²) in [6.45, 7) is 6.51. The highest BCUT2D eigenvalue weighted by Crippen LogP contribution is 2.26. The first-order valence-electron chi connectivity index (χ1n) is 6.06. The molecule has 2 rings (SSSR count). The van der Waals surface area contributed by atoms with Crippen molar-refractivity contribution in [1.82, 2.24) is 14.5 Å². The molecule has 5 heteroatoms. The van der Waals surface area contributed by atoms with Crippen LogP contribution in [0.4, 0.5) is 0 Å². The van der Waals surface area contributed by atoms with Gasteiger partial charge in [0.2, 0.25) is 5.88 Å². The highest BCUT2D eigenvalue weighted by molar-refractivity contribution is 6.16. The quantitative estimate of drug-likeness (QED) is 0.797. The molecule has 1 atom stereocenters. The van der Waals surface area contributed by atoms with E-state index in [4.69, 9.17) is 16.3 Å². The largest absolute Gasteiger partial charge is 0.481 e. The van der Waals surface area contributed by atoms with Crippen molar-refractivity contribution in [1.29, 1.82) is 0 Å². The van der Waals surface area contributed by atoms with Crippen LogP contribution in [0.25, 0.3) is 11.2 Å². The van der Waals surface area contributed by atoms with Crippen LogP contribution in [0.15, 0.2) is 12.1 Å². The third-order valence-electron chi connectivity index (χ3n) is 3.29. The van der Waals surface area contributed by atoms with Gasteiger partial charge in [-0.1, -0.05) is 13.8 Å². The SMILES string of the molecule is COc1ccc2nc(CCl)n(C(C)C(C)C)c2n1. The molecule has 0 aliphatic carbocycles. The van der Waals surface area contributed by atoms with Crippen LogP contribution < -0.4 is 4.74 Å². The maximum atomic E-state index is 5.98. The van der Waals surface area contributed by atoms with Crippen molar-refractivity contribution in [3.8, 4) is 5.88 Å². The van der Waals surface area contributed by atoms with E-state index >= 15 is 0 Å². The smallest absolute Gasteiger partial charge is 0.215 e. The number of rotatable bonds is 4. The third-order valence-corrected chi connectivity index (χ3v) is 3.52. The monoisotopic (exact) mass is 267 g/mol. The summed E-state index contributed by atoms with van der Waals surface area (Å²) in [6.07, 6.45) is 0. The standard InChI is InChI=1S/C13H18ClN3O/c1-8(2)9(3)17-11(7-14)15-10-5-6-12(18-4)16-13(10)17/h5-6,8-9H,7H2,1-4H3. The maximum Gasteiger partial charge on any atom is 0.215 e. The minimum absolute atomic E-state index is 0.295. The molecule has 0 spiro atoms. The molecule has 0 aliphatic rings. The van der Waals surface area contributed by atoms with E-state index in [-0.39, 0.29) is 0 Å². The van der Waals surface area contributed by atoms with Crippen molar-refractivity contribution in [2.45, 2.75) is 32.7 Å². The summed E-state index contributed by atoms with van der Waals surface area (Å²) in [7, 11) is 1.61. The van der Waals surface area contributed by atoms with Crippen molar-refractivity contribution in [3.05, 3.63) is 18.0 Å². The summed E-state index contributed by atoms with van der Waals surface area (Å²) in [4.78, 5) is 9.01. The fraction of sp³-hybridized carbons (Fsp3) is 0.538. The van der Waals surface area contributed by atoms with Gasteiger partial charge in [-0.05, 0) is 18.9 Å². The van der Waals surface area contributed by atoms with E-state index in [0.717, 1.165) is 17.0 Å². The molecule has 4 nitrogen and oxygen atoms in total. The summed E-state index contributed by atoms with van der Waals surface area (Å²) in [5.74, 6) is 2.32. The van der Waals surface area contributed by atoms with Crippen LogP contribution in [0.3, 0.4) is 0 Å². The van der Waals surface area contributed by atoms with E-state index in [1.165, 1.54) is 0 Å². The molecule has 0 radical (unpaired) electrons. The molecular weight excluding hydrogens is 250 g/mol. The van der Waals surface area contributed by atoms with Crippen LogP contribution in [0.2, 0.25) is 0 Å². The molecule has 0 fully saturated rings. The number of hydrogen-bond acceptors (Lipinski definition) is 3. The zero-order valence-electron chi connectivity index (χ0n) is 11.1. The lowest BCUT2D eigenvalue weighted by molar-refractivity contribution is 0.391. The molecule has 2 heterocycles. The predicted octanol–water partition coefficient (Wildman–Crippen LogP) is 3.40. The molecule has 98 valence electrons. The molecule has 0 N–H and O–H groups in total. The Hall–Kier alpha value is -1.29. The molecule has 0 aliphatic heterocycles. The van der Waals surface area contributed by atoms with Gasteiger partial charge in [-0.2, -0.15) is 4.98 Å². The molecule has 2 aromatic heterocycles. The lowest BCUT2D eigenvalue weighted by Gasteiger charge is -2.20. The van der Waals surface area contributed by atoms with Crippen LogP contribution in [0.1, 0.15) is 32.6 Å². The number of hydrogen-bond donors (Lipinski definition) is 0. The molecule has 0 saturated carbocycles. The van der Waals surface area contributed by atoms with Gasteiger partial charge >= 0.3 is 0 Å². The molecule has 0 aromatic carbocycles. The molecule has 18 heavy (non-hydrogen) atoms. The molecule has 1 unspecified atom stereocenters. The van der Waals surface area contributed by atoms with Crippen molar-refractivity contribution in [2.24, 2.45) is 5.92 Å². The Morgan fingerprint density at radius 3 is 2.56 bits per heavy atom. The first kappa shape index (κ1) is 13.1. The van der Waals surface area contributed by atoms with Crippen LogP contribution >= 0.6 is 11.6 Å². The second kappa shape index (κ2) is 5.14. The Kier molecular flexibility index (Phi) is 3.76. The summed E-state index contributed by atoms with van der Waals surface area (Å²) in [5, 5.41) is 0. The van der Waals surface area contributed by atoms with Gasteiger partial charge in [0.1, 0.15) is 11.3 Å². The number of ether oxygens (including phenoxy) is 1. The number of nitrogens with zero attached hydrogens (tertiary/aromatic N) is 3. The molecule has 0 bridgehead atoms. The first-order valence-corrected chi connectivity index (χ1v) is 6.59. The van der Waals surface area contributed by atoms with Crippen molar-refractivity contribution >= 4 is 22.8 Å². The van der Waals surface area contributed by atoms with Gasteiger partial charge in [0.05, 0.1) is 13.0 Å². The van der Waals surface area contributed by atoms with E-state index < -0.39 is 0 Å². The number of alkyl halides is 1. The van der Waals surface area contributed by atoms with E-state index in [9.17, 15) is 0 Å². The fourth-order valence-corrected chi connectivity index (χ4v) is 2.13. The van der Waals surface area contributed by atoms with Gasteiger partial charge in [-0.15, -0.1) is 11.6 Å². The molecule has 0 saturated heterocycles. The van der Waals surface area contributed by atoms with E-state index in [2.05, 4.69) is 35.3 Å². The van der Waals surface area contributed by atoms with Gasteiger partial charge in [-0.3, -0.25) is 0 Å². The Morgan fingerprint density at radius 1 is 1.28 bits per heavy atom. The highest BCUT2D eigenvalue weighted by Gasteiger charge is 2.19. The minimum atomic E-state index is 0.295. The average molecular weight is 268 g/mol. The normalized spacial score (nSPS) is 13.2. The van der Waals surface area contributed by atoms with Gasteiger partial charge < -0.3 is 9.30 Å². The number of aromatic nitrogens is 3. The Labute approximate surface area is 112 Å². The summed E-state index contributed by atoms with van der Waals surface area (Å²) >= 11 is 5.98. The van der Waals surface area contributed by atoms with Gasteiger partial charge in [0.15, 0.2) is 5.65 Å². The second-order valence-corrected chi connectivity index (χ2v) is 4.98. The van der Waals surface area contributed by atoms with Crippen molar-refractivity contribution in [2.75, 3.05) is 7.11 Å². The maximum absolute atomic E-state index is 5.98. The van der Waals surface area contributed by atoms with Crippen LogP contribution in [-0.4, -0.2) is 21.6 Å². The van der Waals surface area contributed by atoms with Gasteiger partial charge in [-0.25, -0.2) is 4.98 Å². The third kappa shape index (κ3) is 2.17. The average Bonchev–Trinajstić information content (AvgIpc) is 2.74. The van der Waals surface area contributed by atoms with Crippen LogP contribution in [0, 0.1) is 5.92 Å². The van der Waals surface area contributed by atoms with Crippen molar-refractivity contribution in [3.63, 3.8) is 0 Å². The second-order valence-electron chi connectivity index (χ2n) is 4.71. The predicted molar refractivity (Wildman–Crippen MR) is 73.2 cm³/mol. The number of fused-ring (bicyclic) bond motifs is 1. The lowest BCUT2D eigenvalue weighted by atomic mass is 10.1. The summed E-state index contributed by atoms with van der Waals surface area (Å²) in [6, 6.07) is 4.03. The Morgan fingerprint density at radius 2 is 2.00 bits per heavy atom. The van der Waals surface area contributed by atoms with E-state index in [1.807, 2.05) is 12.1 Å². The Balaban J connectivity index is 2.66. The number of imidazole rings is 1. The minimum Gasteiger partial charge on any atom is -0.481 e. The van der Waals surface area contributed by atoms with Crippen molar-refractivity contribution < 1.29 is 4.74 Å². The zero-order valence-corrected chi connectivity index (χ0v) is 11.9. The Bertz CT molecular complexity index is 550. The van der Waals surface area contributed by atoms with Gasteiger partial charge in [0, 0.05) is 12.1 Å². The highest BCUT2D eigenvalue weighted by atomic mass is 35.5. The zero-order chi connectivity index (χ0) is 13.3. The van der Waals surface area contributed by atoms with Gasteiger partial charge in [0.25, 0.3) is 0 Å². The molecular formula is C13H18ClN3O. The molecule has 2 aromatic rings. The van der Waals surface area contributed by atoms with E-state index in [1.54, 1.807) is 7.11 Å². The topological polar surface area (TPSA) is 39.9 Å².